The maximum absolute atomic E-state index is 13.5. The summed E-state index contributed by atoms with van der Waals surface area (Å²) in [7, 11) is -3.77. The van der Waals surface area contributed by atoms with Gasteiger partial charge in [-0.2, -0.15) is 4.31 Å². The molecule has 2 rings (SSSR count). The number of hydrogen-bond donors (Lipinski definition) is 1. The van der Waals surface area contributed by atoms with Crippen LogP contribution in [0.2, 0.25) is 0 Å². The fourth-order valence-corrected chi connectivity index (χ4v) is 4.89. The van der Waals surface area contributed by atoms with Crippen LogP contribution in [0.1, 0.15) is 44.6 Å². The highest BCUT2D eigenvalue weighted by Gasteiger charge is 2.34. The van der Waals surface area contributed by atoms with Crippen molar-refractivity contribution in [3.05, 3.63) is 29.6 Å². The van der Waals surface area contributed by atoms with E-state index >= 15 is 0 Å². The molecule has 0 spiro atoms. The lowest BCUT2D eigenvalue weighted by Gasteiger charge is -2.35. The number of benzene rings is 1. The van der Waals surface area contributed by atoms with Crippen molar-refractivity contribution in [1.82, 2.24) is 4.31 Å². The topological polar surface area (TPSA) is 57.6 Å². The van der Waals surface area contributed by atoms with Gasteiger partial charge in [-0.25, -0.2) is 12.8 Å². The lowest BCUT2D eigenvalue weighted by molar-refractivity contribution is 0.238. The van der Waals surface area contributed by atoms with Crippen molar-refractivity contribution in [3.63, 3.8) is 0 Å². The van der Waals surface area contributed by atoms with E-state index in [2.05, 4.69) is 0 Å². The number of piperidine rings is 1. The third-order valence-corrected chi connectivity index (χ3v) is 6.02. The maximum atomic E-state index is 13.5. The third kappa shape index (κ3) is 3.44. The van der Waals surface area contributed by atoms with Crippen LogP contribution < -0.4 is 0 Å². The monoisotopic (exact) mass is 315 g/mol. The number of halogens is 1. The van der Waals surface area contributed by atoms with E-state index in [1.54, 1.807) is 0 Å². The minimum Gasteiger partial charge on any atom is -0.392 e. The molecule has 0 aliphatic carbocycles. The first-order valence-corrected chi connectivity index (χ1v) is 8.85. The van der Waals surface area contributed by atoms with Gasteiger partial charge in [0, 0.05) is 12.6 Å². The van der Waals surface area contributed by atoms with Gasteiger partial charge >= 0.3 is 0 Å². The Bertz CT molecular complexity index is 587. The zero-order valence-corrected chi connectivity index (χ0v) is 13.1. The summed E-state index contributed by atoms with van der Waals surface area (Å²) in [6.07, 6.45) is 4.41. The summed E-state index contributed by atoms with van der Waals surface area (Å²) in [6, 6.07) is 3.49. The quantitative estimate of drug-likeness (QED) is 0.909. The van der Waals surface area contributed by atoms with Crippen LogP contribution in [0.25, 0.3) is 0 Å². The maximum Gasteiger partial charge on any atom is 0.243 e. The molecule has 1 N–H and O–H groups in total. The van der Waals surface area contributed by atoms with Crippen molar-refractivity contribution in [2.75, 3.05) is 6.54 Å². The Kier molecular flexibility index (Phi) is 5.35. The molecule has 1 fully saturated rings. The van der Waals surface area contributed by atoms with Crippen molar-refractivity contribution in [2.24, 2.45) is 0 Å². The van der Waals surface area contributed by atoms with Crippen LogP contribution in [-0.4, -0.2) is 30.4 Å². The van der Waals surface area contributed by atoms with Gasteiger partial charge in [-0.15, -0.1) is 0 Å². The first-order valence-electron chi connectivity index (χ1n) is 7.41. The predicted octanol–water partition coefficient (Wildman–Crippen LogP) is 2.66. The first-order chi connectivity index (χ1) is 10.0. The number of aliphatic hydroxyl groups excluding tert-OH is 1. The molecular formula is C15H22FNO3S. The van der Waals surface area contributed by atoms with E-state index in [4.69, 9.17) is 0 Å². The normalized spacial score (nSPS) is 20.6. The van der Waals surface area contributed by atoms with E-state index in [9.17, 15) is 17.9 Å². The molecule has 0 aromatic heterocycles. The molecule has 4 nitrogen and oxygen atoms in total. The molecule has 1 aromatic rings. The van der Waals surface area contributed by atoms with Crippen molar-refractivity contribution in [3.8, 4) is 0 Å². The molecule has 21 heavy (non-hydrogen) atoms. The predicted molar refractivity (Wildman–Crippen MR) is 78.8 cm³/mol. The van der Waals surface area contributed by atoms with Crippen molar-refractivity contribution >= 4 is 10.0 Å². The molecule has 0 bridgehead atoms. The van der Waals surface area contributed by atoms with Crippen LogP contribution in [0.5, 0.6) is 0 Å². The summed E-state index contributed by atoms with van der Waals surface area (Å²) in [5, 5.41) is 9.33. The molecule has 0 saturated carbocycles. The lowest BCUT2D eigenvalue weighted by Crippen LogP contribution is -2.43. The van der Waals surface area contributed by atoms with Crippen molar-refractivity contribution in [2.45, 2.75) is 56.6 Å². The summed E-state index contributed by atoms with van der Waals surface area (Å²) >= 11 is 0. The van der Waals surface area contributed by atoms with Gasteiger partial charge in [-0.05, 0) is 37.0 Å². The molecular weight excluding hydrogens is 293 g/mol. The molecule has 6 heteroatoms. The molecule has 1 heterocycles. The SMILES string of the molecule is CCCC1CCCCN1S(=O)(=O)c1cc(F)ccc1CO. The summed E-state index contributed by atoms with van der Waals surface area (Å²) in [5.41, 5.74) is 0.247. The Morgan fingerprint density at radius 3 is 2.81 bits per heavy atom. The smallest absolute Gasteiger partial charge is 0.243 e. The van der Waals surface area contributed by atoms with Crippen LogP contribution in [-0.2, 0) is 16.6 Å². The van der Waals surface area contributed by atoms with E-state index in [1.807, 2.05) is 6.92 Å². The summed E-state index contributed by atoms with van der Waals surface area (Å²) in [4.78, 5) is -0.104. The average Bonchev–Trinajstić information content (AvgIpc) is 2.48. The fraction of sp³-hybridized carbons (Fsp3) is 0.600. The molecule has 118 valence electrons. The Morgan fingerprint density at radius 2 is 2.14 bits per heavy atom. The van der Waals surface area contributed by atoms with Crippen LogP contribution >= 0.6 is 0 Å². The van der Waals surface area contributed by atoms with Crippen LogP contribution in [0.4, 0.5) is 4.39 Å². The van der Waals surface area contributed by atoms with Crippen LogP contribution in [0.3, 0.4) is 0 Å². The molecule has 1 aliphatic heterocycles. The average molecular weight is 315 g/mol. The second-order valence-electron chi connectivity index (χ2n) is 5.46. The van der Waals surface area contributed by atoms with E-state index in [-0.39, 0.29) is 16.5 Å². The van der Waals surface area contributed by atoms with Gasteiger partial charge in [0.1, 0.15) is 5.82 Å². The zero-order chi connectivity index (χ0) is 15.5. The Morgan fingerprint density at radius 1 is 1.38 bits per heavy atom. The third-order valence-electron chi connectivity index (χ3n) is 3.98. The molecule has 1 saturated heterocycles. The molecule has 1 unspecified atom stereocenters. The highest BCUT2D eigenvalue weighted by atomic mass is 32.2. The first kappa shape index (κ1) is 16.4. The minimum atomic E-state index is -3.77. The number of sulfonamides is 1. The lowest BCUT2D eigenvalue weighted by atomic mass is 10.0. The number of hydrogen-bond acceptors (Lipinski definition) is 3. The van der Waals surface area contributed by atoms with Crippen molar-refractivity contribution in [1.29, 1.82) is 0 Å². The Balaban J connectivity index is 2.42. The van der Waals surface area contributed by atoms with E-state index in [0.717, 1.165) is 38.2 Å². The Labute approximate surface area is 125 Å². The Hall–Kier alpha value is -0.980. The van der Waals surface area contributed by atoms with E-state index in [0.29, 0.717) is 6.54 Å². The van der Waals surface area contributed by atoms with Gasteiger partial charge in [-0.1, -0.05) is 25.8 Å². The molecule has 1 aromatic carbocycles. The second kappa shape index (κ2) is 6.85. The summed E-state index contributed by atoms with van der Waals surface area (Å²) in [6.45, 7) is 2.08. The van der Waals surface area contributed by atoms with Crippen LogP contribution in [0, 0.1) is 5.82 Å². The van der Waals surface area contributed by atoms with Crippen LogP contribution in [0.15, 0.2) is 23.1 Å². The fourth-order valence-electron chi connectivity index (χ4n) is 2.94. The van der Waals surface area contributed by atoms with Crippen molar-refractivity contribution < 1.29 is 17.9 Å². The molecule has 0 radical (unpaired) electrons. The highest BCUT2D eigenvalue weighted by Crippen LogP contribution is 2.29. The number of rotatable bonds is 5. The summed E-state index contributed by atoms with van der Waals surface area (Å²) in [5.74, 6) is -0.602. The molecule has 1 aliphatic rings. The van der Waals surface area contributed by atoms with Gasteiger partial charge in [0.2, 0.25) is 10.0 Å². The molecule has 0 amide bonds. The van der Waals surface area contributed by atoms with Gasteiger partial charge in [-0.3, -0.25) is 0 Å². The minimum absolute atomic E-state index is 0.0245. The van der Waals surface area contributed by atoms with E-state index in [1.165, 1.54) is 16.4 Å². The summed E-state index contributed by atoms with van der Waals surface area (Å²) < 4.78 is 40.7. The zero-order valence-electron chi connectivity index (χ0n) is 12.3. The van der Waals surface area contributed by atoms with Gasteiger partial charge < -0.3 is 5.11 Å². The highest BCUT2D eigenvalue weighted by molar-refractivity contribution is 7.89. The second-order valence-corrected chi connectivity index (χ2v) is 7.32. The molecule has 1 atom stereocenters. The largest absolute Gasteiger partial charge is 0.392 e. The van der Waals surface area contributed by atoms with Gasteiger partial charge in [0.05, 0.1) is 11.5 Å². The standard InChI is InChI=1S/C15H22FNO3S/c1-2-5-14-6-3-4-9-17(14)21(19,20)15-10-13(16)8-7-12(15)11-18/h7-8,10,14,18H,2-6,9,11H2,1H3. The number of nitrogens with zero attached hydrogens (tertiary/aromatic N) is 1. The van der Waals surface area contributed by atoms with Gasteiger partial charge in [0.25, 0.3) is 0 Å². The van der Waals surface area contributed by atoms with Gasteiger partial charge in [0.15, 0.2) is 0 Å². The van der Waals surface area contributed by atoms with E-state index < -0.39 is 22.4 Å². The number of aliphatic hydroxyl groups is 1.